The topological polar surface area (TPSA) is 49.4 Å². The number of hydrogen-bond donors (Lipinski definition) is 1. The molecular formula is C15H18ClFN2O2. The second-order valence-electron chi connectivity index (χ2n) is 6.05. The average Bonchev–Trinajstić information content (AvgIpc) is 2.36. The summed E-state index contributed by atoms with van der Waals surface area (Å²) in [7, 11) is 0. The highest BCUT2D eigenvalue weighted by atomic mass is 35.5. The van der Waals surface area contributed by atoms with Crippen LogP contribution in [0.5, 0.6) is 0 Å². The summed E-state index contributed by atoms with van der Waals surface area (Å²) in [6.07, 6.45) is 0. The van der Waals surface area contributed by atoms with Crippen LogP contribution in [0, 0.1) is 11.7 Å². The van der Waals surface area contributed by atoms with Gasteiger partial charge in [-0.1, -0.05) is 31.5 Å². The molecule has 1 aromatic rings. The molecule has 0 aliphatic carbocycles. The Morgan fingerprint density at radius 2 is 1.95 bits per heavy atom. The van der Waals surface area contributed by atoms with Crippen molar-refractivity contribution < 1.29 is 14.0 Å². The molecular weight excluding hydrogens is 295 g/mol. The van der Waals surface area contributed by atoms with Crippen molar-refractivity contribution in [2.45, 2.75) is 39.3 Å². The summed E-state index contributed by atoms with van der Waals surface area (Å²) < 4.78 is 14.3. The lowest BCUT2D eigenvalue weighted by molar-refractivity contribution is -0.138. The first-order valence-electron chi connectivity index (χ1n) is 6.76. The minimum atomic E-state index is -1.09. The van der Waals surface area contributed by atoms with Crippen LogP contribution in [0.3, 0.4) is 0 Å². The molecule has 21 heavy (non-hydrogen) atoms. The molecule has 1 heterocycles. The number of hydrogen-bond acceptors (Lipinski definition) is 2. The van der Waals surface area contributed by atoms with Gasteiger partial charge in [-0.15, -0.1) is 0 Å². The third-order valence-electron chi connectivity index (χ3n) is 3.56. The molecule has 0 saturated carbocycles. The highest BCUT2D eigenvalue weighted by Gasteiger charge is 2.47. The Labute approximate surface area is 128 Å². The van der Waals surface area contributed by atoms with E-state index < -0.39 is 17.4 Å². The van der Waals surface area contributed by atoms with Gasteiger partial charge < -0.3 is 5.32 Å². The minimum absolute atomic E-state index is 0.0362. The quantitative estimate of drug-likeness (QED) is 0.913. The molecule has 6 heteroatoms. The summed E-state index contributed by atoms with van der Waals surface area (Å²) in [5, 5.41) is 2.61. The van der Waals surface area contributed by atoms with Gasteiger partial charge in [0.1, 0.15) is 11.6 Å². The molecule has 1 fully saturated rings. The predicted molar refractivity (Wildman–Crippen MR) is 79.7 cm³/mol. The van der Waals surface area contributed by atoms with Crippen LogP contribution in [0.4, 0.5) is 10.1 Å². The minimum Gasteiger partial charge on any atom is -0.340 e. The van der Waals surface area contributed by atoms with Gasteiger partial charge in [0.25, 0.3) is 5.91 Å². The normalized spacial score (nSPS) is 21.7. The smallest absolute Gasteiger partial charge is 0.253 e. The Morgan fingerprint density at radius 1 is 1.33 bits per heavy atom. The lowest BCUT2D eigenvalue weighted by Gasteiger charge is -2.44. The molecule has 2 rings (SSSR count). The Morgan fingerprint density at radius 3 is 2.52 bits per heavy atom. The first-order chi connectivity index (χ1) is 9.66. The van der Waals surface area contributed by atoms with E-state index in [9.17, 15) is 14.0 Å². The number of carbonyl (C=O) groups excluding carboxylic acids is 2. The zero-order valence-electron chi connectivity index (χ0n) is 12.4. The first kappa shape index (κ1) is 15.8. The monoisotopic (exact) mass is 312 g/mol. The van der Waals surface area contributed by atoms with Crippen molar-refractivity contribution in [2.75, 3.05) is 4.90 Å². The fourth-order valence-corrected chi connectivity index (χ4v) is 2.69. The summed E-state index contributed by atoms with van der Waals surface area (Å²) in [4.78, 5) is 26.2. The van der Waals surface area contributed by atoms with E-state index in [0.29, 0.717) is 0 Å². The summed E-state index contributed by atoms with van der Waals surface area (Å²) in [5.41, 5.74) is -1.05. The van der Waals surface area contributed by atoms with E-state index in [-0.39, 0.29) is 28.4 Å². The SMILES string of the molecule is CC(C)C1C(=O)NC(C)(C)C(=O)N1c1cccc(Cl)c1F. The van der Waals surface area contributed by atoms with Gasteiger partial charge in [-0.05, 0) is 31.9 Å². The number of nitrogens with zero attached hydrogens (tertiary/aromatic N) is 1. The molecule has 1 N–H and O–H groups in total. The van der Waals surface area contributed by atoms with Crippen LogP contribution in [0.25, 0.3) is 0 Å². The second kappa shape index (κ2) is 5.30. The van der Waals surface area contributed by atoms with Gasteiger partial charge in [-0.2, -0.15) is 0 Å². The van der Waals surface area contributed by atoms with Gasteiger partial charge in [0.2, 0.25) is 5.91 Å². The lowest BCUT2D eigenvalue weighted by Crippen LogP contribution is -2.69. The predicted octanol–water partition coefficient (Wildman–Crippen LogP) is 2.75. The third-order valence-corrected chi connectivity index (χ3v) is 3.85. The van der Waals surface area contributed by atoms with Gasteiger partial charge in [-0.25, -0.2) is 4.39 Å². The van der Waals surface area contributed by atoms with Crippen molar-refractivity contribution in [3.05, 3.63) is 29.0 Å². The molecule has 0 spiro atoms. The number of anilines is 1. The van der Waals surface area contributed by atoms with E-state index in [4.69, 9.17) is 11.6 Å². The molecule has 1 aliphatic rings. The molecule has 0 aromatic heterocycles. The molecule has 1 saturated heterocycles. The van der Waals surface area contributed by atoms with E-state index in [1.807, 2.05) is 13.8 Å². The largest absolute Gasteiger partial charge is 0.340 e. The van der Waals surface area contributed by atoms with E-state index in [1.165, 1.54) is 17.0 Å². The number of halogens is 2. The first-order valence-corrected chi connectivity index (χ1v) is 7.14. The van der Waals surface area contributed by atoms with E-state index >= 15 is 0 Å². The van der Waals surface area contributed by atoms with Crippen LogP contribution >= 0.6 is 11.6 Å². The highest BCUT2D eigenvalue weighted by Crippen LogP contribution is 2.33. The summed E-state index contributed by atoms with van der Waals surface area (Å²) >= 11 is 5.80. The van der Waals surface area contributed by atoms with E-state index in [2.05, 4.69) is 5.32 Å². The second-order valence-corrected chi connectivity index (χ2v) is 6.46. The fraction of sp³-hybridized carbons (Fsp3) is 0.467. The van der Waals surface area contributed by atoms with Crippen molar-refractivity contribution >= 4 is 29.1 Å². The Balaban J connectivity index is 2.61. The Kier molecular flexibility index (Phi) is 3.97. The summed E-state index contributed by atoms with van der Waals surface area (Å²) in [5.74, 6) is -1.51. The molecule has 1 atom stereocenters. The number of benzene rings is 1. The van der Waals surface area contributed by atoms with Crippen molar-refractivity contribution in [3.63, 3.8) is 0 Å². The molecule has 2 amide bonds. The number of piperazine rings is 1. The molecule has 114 valence electrons. The summed E-state index contributed by atoms with van der Waals surface area (Å²) in [6.45, 7) is 6.81. The van der Waals surface area contributed by atoms with Gasteiger partial charge >= 0.3 is 0 Å². The van der Waals surface area contributed by atoms with Crippen molar-refractivity contribution in [1.82, 2.24) is 5.32 Å². The van der Waals surface area contributed by atoms with E-state index in [0.717, 1.165) is 0 Å². The third kappa shape index (κ3) is 2.62. The van der Waals surface area contributed by atoms with Crippen LogP contribution in [0.2, 0.25) is 5.02 Å². The van der Waals surface area contributed by atoms with Gasteiger partial charge in [0.05, 0.1) is 10.7 Å². The Bertz CT molecular complexity index is 601. The molecule has 4 nitrogen and oxygen atoms in total. The summed E-state index contributed by atoms with van der Waals surface area (Å²) in [6, 6.07) is 3.66. The van der Waals surface area contributed by atoms with Crippen LogP contribution < -0.4 is 10.2 Å². The average molecular weight is 313 g/mol. The fourth-order valence-electron chi connectivity index (χ4n) is 2.52. The number of amides is 2. The molecule has 1 unspecified atom stereocenters. The molecule has 0 radical (unpaired) electrons. The zero-order chi connectivity index (χ0) is 15.9. The molecule has 0 bridgehead atoms. The van der Waals surface area contributed by atoms with Crippen LogP contribution in [0.15, 0.2) is 18.2 Å². The zero-order valence-corrected chi connectivity index (χ0v) is 13.2. The van der Waals surface area contributed by atoms with Crippen molar-refractivity contribution in [2.24, 2.45) is 5.92 Å². The van der Waals surface area contributed by atoms with Gasteiger partial charge in [0, 0.05) is 0 Å². The maximum Gasteiger partial charge on any atom is 0.253 e. The number of nitrogens with one attached hydrogen (secondary N) is 1. The molecule has 1 aromatic carbocycles. The van der Waals surface area contributed by atoms with Crippen LogP contribution in [0.1, 0.15) is 27.7 Å². The van der Waals surface area contributed by atoms with Crippen LogP contribution in [-0.4, -0.2) is 23.4 Å². The highest BCUT2D eigenvalue weighted by molar-refractivity contribution is 6.31. The lowest BCUT2D eigenvalue weighted by atomic mass is 9.91. The van der Waals surface area contributed by atoms with Gasteiger partial charge in [0.15, 0.2) is 5.82 Å². The standard InChI is InChI=1S/C15H18ClFN2O2/c1-8(2)12-13(20)18-15(3,4)14(21)19(12)10-7-5-6-9(16)11(10)17/h5-8,12H,1-4H3,(H,18,20). The van der Waals surface area contributed by atoms with Crippen molar-refractivity contribution in [3.8, 4) is 0 Å². The van der Waals surface area contributed by atoms with Crippen molar-refractivity contribution in [1.29, 1.82) is 0 Å². The molecule has 1 aliphatic heterocycles. The number of rotatable bonds is 2. The maximum atomic E-state index is 14.3. The van der Waals surface area contributed by atoms with Gasteiger partial charge in [-0.3, -0.25) is 14.5 Å². The Hall–Kier alpha value is -1.62. The van der Waals surface area contributed by atoms with E-state index in [1.54, 1.807) is 19.9 Å². The van der Waals surface area contributed by atoms with Crippen LogP contribution in [-0.2, 0) is 9.59 Å². The maximum absolute atomic E-state index is 14.3. The number of carbonyl (C=O) groups is 2.